The van der Waals surface area contributed by atoms with Gasteiger partial charge in [-0.1, -0.05) is 25.1 Å². The molecule has 0 fully saturated rings. The van der Waals surface area contributed by atoms with E-state index in [1.165, 1.54) is 27.6 Å². The van der Waals surface area contributed by atoms with Crippen molar-refractivity contribution in [2.24, 2.45) is 0 Å². The van der Waals surface area contributed by atoms with Gasteiger partial charge in [0.05, 0.1) is 0 Å². The Kier molecular flexibility index (Phi) is 5.07. The Morgan fingerprint density at radius 2 is 2.05 bits per heavy atom. The Hall–Kier alpha value is -1.16. The second-order valence-corrected chi connectivity index (χ2v) is 7.06. The lowest BCUT2D eigenvalue weighted by Crippen LogP contribution is -2.22. The maximum Gasteiger partial charge on any atom is 0.0346 e. The van der Waals surface area contributed by atoms with Gasteiger partial charge in [-0.15, -0.1) is 11.3 Å². The SMILES string of the molecule is CCCNC(CCc1ccsc1)c1csc2ccccc12. The number of hydrogen-bond donors (Lipinski definition) is 1. The van der Waals surface area contributed by atoms with E-state index in [4.69, 9.17) is 0 Å². The van der Waals surface area contributed by atoms with Gasteiger partial charge in [-0.05, 0) is 70.6 Å². The lowest BCUT2D eigenvalue weighted by Gasteiger charge is -2.18. The fraction of sp³-hybridized carbons (Fsp3) is 0.333. The van der Waals surface area contributed by atoms with Crippen molar-refractivity contribution in [2.75, 3.05) is 6.54 Å². The molecule has 3 heteroatoms. The molecule has 1 atom stereocenters. The topological polar surface area (TPSA) is 12.0 Å². The summed E-state index contributed by atoms with van der Waals surface area (Å²) in [5, 5.41) is 11.9. The summed E-state index contributed by atoms with van der Waals surface area (Å²) in [6.07, 6.45) is 3.49. The fourth-order valence-corrected chi connectivity index (χ4v) is 4.42. The first-order chi connectivity index (χ1) is 10.4. The number of fused-ring (bicyclic) bond motifs is 1. The summed E-state index contributed by atoms with van der Waals surface area (Å²) in [5.74, 6) is 0. The molecule has 1 nitrogen and oxygen atoms in total. The Labute approximate surface area is 134 Å². The van der Waals surface area contributed by atoms with Gasteiger partial charge in [0.15, 0.2) is 0 Å². The number of thiophene rings is 2. The molecule has 0 amide bonds. The van der Waals surface area contributed by atoms with Gasteiger partial charge in [0.25, 0.3) is 0 Å². The van der Waals surface area contributed by atoms with E-state index in [0.29, 0.717) is 6.04 Å². The van der Waals surface area contributed by atoms with Crippen LogP contribution in [0, 0.1) is 0 Å². The molecule has 3 aromatic rings. The molecule has 0 aliphatic rings. The van der Waals surface area contributed by atoms with Crippen molar-refractivity contribution >= 4 is 32.8 Å². The molecular formula is C18H21NS2. The first-order valence-corrected chi connectivity index (χ1v) is 9.41. The van der Waals surface area contributed by atoms with E-state index in [9.17, 15) is 0 Å². The zero-order chi connectivity index (χ0) is 14.5. The standard InChI is InChI=1S/C18H21NS2/c1-2-10-19-17(8-7-14-9-11-20-12-14)16-13-21-18-6-4-3-5-15(16)18/h3-6,9,11-13,17,19H,2,7-8,10H2,1H3. The van der Waals surface area contributed by atoms with E-state index in [1.54, 1.807) is 11.3 Å². The smallest absolute Gasteiger partial charge is 0.0346 e. The molecular weight excluding hydrogens is 294 g/mol. The summed E-state index contributed by atoms with van der Waals surface area (Å²) in [5.41, 5.74) is 2.93. The summed E-state index contributed by atoms with van der Waals surface area (Å²) in [6.45, 7) is 3.31. The fourth-order valence-electron chi connectivity index (χ4n) is 2.70. The third-order valence-electron chi connectivity index (χ3n) is 3.83. The van der Waals surface area contributed by atoms with Gasteiger partial charge in [0, 0.05) is 10.7 Å². The summed E-state index contributed by atoms with van der Waals surface area (Å²) in [4.78, 5) is 0. The summed E-state index contributed by atoms with van der Waals surface area (Å²) < 4.78 is 1.39. The molecule has 1 aromatic carbocycles. The third-order valence-corrected chi connectivity index (χ3v) is 5.54. The summed E-state index contributed by atoms with van der Waals surface area (Å²) in [7, 11) is 0. The van der Waals surface area contributed by atoms with Gasteiger partial charge in [-0.2, -0.15) is 11.3 Å². The highest BCUT2D eigenvalue weighted by atomic mass is 32.1. The second kappa shape index (κ2) is 7.21. The number of nitrogens with one attached hydrogen (secondary N) is 1. The maximum atomic E-state index is 3.74. The van der Waals surface area contributed by atoms with Crippen molar-refractivity contribution in [3.05, 3.63) is 57.6 Å². The molecule has 3 rings (SSSR count). The van der Waals surface area contributed by atoms with Gasteiger partial charge < -0.3 is 5.32 Å². The van der Waals surface area contributed by atoms with Crippen LogP contribution in [0.5, 0.6) is 0 Å². The minimum Gasteiger partial charge on any atom is -0.310 e. The Morgan fingerprint density at radius 1 is 1.14 bits per heavy atom. The largest absolute Gasteiger partial charge is 0.310 e. The molecule has 1 N–H and O–H groups in total. The van der Waals surface area contributed by atoms with E-state index < -0.39 is 0 Å². The van der Waals surface area contributed by atoms with Crippen molar-refractivity contribution < 1.29 is 0 Å². The van der Waals surface area contributed by atoms with Crippen LogP contribution in [0.15, 0.2) is 46.5 Å². The minimum absolute atomic E-state index is 0.459. The highest BCUT2D eigenvalue weighted by Crippen LogP contribution is 2.32. The van der Waals surface area contributed by atoms with Crippen LogP contribution in [0.3, 0.4) is 0 Å². The van der Waals surface area contributed by atoms with E-state index in [-0.39, 0.29) is 0 Å². The van der Waals surface area contributed by atoms with Gasteiger partial charge in [-0.3, -0.25) is 0 Å². The monoisotopic (exact) mass is 315 g/mol. The Bertz CT molecular complexity index is 669. The molecule has 21 heavy (non-hydrogen) atoms. The van der Waals surface area contributed by atoms with Gasteiger partial charge >= 0.3 is 0 Å². The number of benzene rings is 1. The van der Waals surface area contributed by atoms with Gasteiger partial charge in [0.1, 0.15) is 0 Å². The number of rotatable bonds is 7. The van der Waals surface area contributed by atoms with Gasteiger partial charge in [-0.25, -0.2) is 0 Å². The highest BCUT2D eigenvalue weighted by molar-refractivity contribution is 7.17. The Morgan fingerprint density at radius 3 is 2.86 bits per heavy atom. The second-order valence-electron chi connectivity index (χ2n) is 5.36. The van der Waals surface area contributed by atoms with Crippen LogP contribution in [-0.2, 0) is 6.42 Å². The van der Waals surface area contributed by atoms with Crippen molar-refractivity contribution in [1.82, 2.24) is 5.32 Å². The van der Waals surface area contributed by atoms with E-state index in [1.807, 2.05) is 11.3 Å². The normalized spacial score (nSPS) is 12.8. The minimum atomic E-state index is 0.459. The molecule has 0 saturated heterocycles. The molecule has 1 unspecified atom stereocenters. The number of hydrogen-bond acceptors (Lipinski definition) is 3. The van der Waals surface area contributed by atoms with Crippen LogP contribution in [0.4, 0.5) is 0 Å². The van der Waals surface area contributed by atoms with E-state index in [2.05, 4.69) is 58.7 Å². The molecule has 0 aliphatic heterocycles. The first-order valence-electron chi connectivity index (χ1n) is 7.59. The van der Waals surface area contributed by atoms with Crippen LogP contribution in [0.2, 0.25) is 0 Å². The average molecular weight is 316 g/mol. The Balaban J connectivity index is 1.80. The molecule has 0 saturated carbocycles. The zero-order valence-corrected chi connectivity index (χ0v) is 14.0. The zero-order valence-electron chi connectivity index (χ0n) is 12.3. The summed E-state index contributed by atoms with van der Waals surface area (Å²) in [6, 6.07) is 11.5. The molecule has 2 heterocycles. The third kappa shape index (κ3) is 3.54. The van der Waals surface area contributed by atoms with Crippen LogP contribution < -0.4 is 5.32 Å². The summed E-state index contributed by atoms with van der Waals surface area (Å²) >= 11 is 3.65. The van der Waals surface area contributed by atoms with Crippen LogP contribution in [0.1, 0.15) is 36.9 Å². The first kappa shape index (κ1) is 14.8. The quantitative estimate of drug-likeness (QED) is 0.595. The highest BCUT2D eigenvalue weighted by Gasteiger charge is 2.15. The average Bonchev–Trinajstić information content (AvgIpc) is 3.17. The van der Waals surface area contributed by atoms with E-state index >= 15 is 0 Å². The predicted molar refractivity (Wildman–Crippen MR) is 95.5 cm³/mol. The van der Waals surface area contributed by atoms with Crippen molar-refractivity contribution in [3.8, 4) is 0 Å². The van der Waals surface area contributed by atoms with Crippen molar-refractivity contribution in [3.63, 3.8) is 0 Å². The van der Waals surface area contributed by atoms with Crippen LogP contribution >= 0.6 is 22.7 Å². The van der Waals surface area contributed by atoms with Crippen LogP contribution in [0.25, 0.3) is 10.1 Å². The molecule has 0 bridgehead atoms. The van der Waals surface area contributed by atoms with Crippen molar-refractivity contribution in [1.29, 1.82) is 0 Å². The molecule has 0 spiro atoms. The lowest BCUT2D eigenvalue weighted by atomic mass is 9.99. The van der Waals surface area contributed by atoms with E-state index in [0.717, 1.165) is 19.4 Å². The molecule has 0 aliphatic carbocycles. The molecule has 0 radical (unpaired) electrons. The van der Waals surface area contributed by atoms with Gasteiger partial charge in [0.2, 0.25) is 0 Å². The molecule has 110 valence electrons. The lowest BCUT2D eigenvalue weighted by molar-refractivity contribution is 0.503. The predicted octanol–water partition coefficient (Wildman–Crippen LogP) is 5.64. The van der Waals surface area contributed by atoms with Crippen LogP contribution in [-0.4, -0.2) is 6.54 Å². The number of aryl methyl sites for hydroxylation is 1. The maximum absolute atomic E-state index is 3.74. The van der Waals surface area contributed by atoms with Crippen molar-refractivity contribution in [2.45, 2.75) is 32.2 Å². The molecule has 2 aromatic heterocycles.